The summed E-state index contributed by atoms with van der Waals surface area (Å²) in [6, 6.07) is 4.51. The number of carbonyl (C=O) groups excluding carboxylic acids is 1. The third-order valence-corrected chi connectivity index (χ3v) is 3.81. The van der Waals surface area contributed by atoms with Gasteiger partial charge in [0, 0.05) is 39.4 Å². The van der Waals surface area contributed by atoms with Crippen molar-refractivity contribution in [3.63, 3.8) is 0 Å². The molecule has 20 heavy (non-hydrogen) atoms. The van der Waals surface area contributed by atoms with E-state index in [4.69, 9.17) is 0 Å². The van der Waals surface area contributed by atoms with Crippen LogP contribution in [0.25, 0.3) is 0 Å². The Balaban J connectivity index is 1.80. The van der Waals surface area contributed by atoms with Gasteiger partial charge in [-0.1, -0.05) is 0 Å². The van der Waals surface area contributed by atoms with Gasteiger partial charge in [0.1, 0.15) is 0 Å². The van der Waals surface area contributed by atoms with E-state index in [1.807, 2.05) is 33.3 Å². The second-order valence-corrected chi connectivity index (χ2v) is 5.62. The third kappa shape index (κ3) is 3.93. The quantitative estimate of drug-likeness (QED) is 0.902. The summed E-state index contributed by atoms with van der Waals surface area (Å²) in [5.74, 6) is 0.180. The first-order valence-electron chi connectivity index (χ1n) is 7.17. The van der Waals surface area contributed by atoms with Crippen LogP contribution in [0.4, 0.5) is 5.69 Å². The summed E-state index contributed by atoms with van der Waals surface area (Å²) in [5, 5.41) is 3.56. The van der Waals surface area contributed by atoms with Crippen molar-refractivity contribution in [2.75, 3.05) is 39.0 Å². The lowest BCUT2D eigenvalue weighted by Gasteiger charge is -2.33. The predicted octanol–water partition coefficient (Wildman–Crippen LogP) is 1.35. The van der Waals surface area contributed by atoms with Gasteiger partial charge in [0.15, 0.2) is 0 Å². The zero-order valence-corrected chi connectivity index (χ0v) is 12.6. The molecule has 1 aromatic rings. The summed E-state index contributed by atoms with van der Waals surface area (Å²) in [6.07, 6.45) is 3.94. The van der Waals surface area contributed by atoms with Crippen LogP contribution in [0.2, 0.25) is 0 Å². The van der Waals surface area contributed by atoms with Crippen LogP contribution in [0.1, 0.15) is 18.5 Å². The number of nitrogens with one attached hydrogen (secondary N) is 1. The van der Waals surface area contributed by atoms with Gasteiger partial charge in [0.2, 0.25) is 5.91 Å². The summed E-state index contributed by atoms with van der Waals surface area (Å²) >= 11 is 0. The number of anilines is 1. The highest BCUT2D eigenvalue weighted by molar-refractivity contribution is 5.77. The minimum absolute atomic E-state index is 0.180. The molecule has 0 bridgehead atoms. The molecule has 0 radical (unpaired) electrons. The van der Waals surface area contributed by atoms with Crippen molar-refractivity contribution < 1.29 is 4.79 Å². The number of aryl methyl sites for hydroxylation is 1. The zero-order valence-electron chi connectivity index (χ0n) is 12.6. The number of rotatable bonds is 4. The summed E-state index contributed by atoms with van der Waals surface area (Å²) < 4.78 is 0. The minimum Gasteiger partial charge on any atom is -0.381 e. The van der Waals surface area contributed by atoms with E-state index in [0.717, 1.165) is 37.3 Å². The summed E-state index contributed by atoms with van der Waals surface area (Å²) in [7, 11) is 3.61. The Kier molecular flexibility index (Phi) is 4.95. The third-order valence-electron chi connectivity index (χ3n) is 3.81. The molecule has 0 unspecified atom stereocenters. The Morgan fingerprint density at radius 2 is 2.15 bits per heavy atom. The van der Waals surface area contributed by atoms with Crippen LogP contribution in [0.3, 0.4) is 0 Å². The molecule has 5 heteroatoms. The lowest BCUT2D eigenvalue weighted by atomic mass is 10.0. The molecule has 2 heterocycles. The second-order valence-electron chi connectivity index (χ2n) is 5.62. The Hall–Kier alpha value is -1.62. The van der Waals surface area contributed by atoms with E-state index in [2.05, 4.69) is 21.3 Å². The fraction of sp³-hybridized carbons (Fsp3) is 0.600. The molecule has 0 saturated carbocycles. The van der Waals surface area contributed by atoms with Crippen LogP contribution in [-0.2, 0) is 4.79 Å². The average Bonchev–Trinajstić information content (AvgIpc) is 2.43. The van der Waals surface area contributed by atoms with Crippen LogP contribution in [0.5, 0.6) is 0 Å². The lowest BCUT2D eigenvalue weighted by molar-refractivity contribution is -0.130. The molecule has 0 aliphatic carbocycles. The fourth-order valence-corrected chi connectivity index (χ4v) is 2.42. The molecule has 1 aliphatic rings. The number of carbonyl (C=O) groups is 1. The molecule has 2 rings (SSSR count). The van der Waals surface area contributed by atoms with E-state index < -0.39 is 0 Å². The lowest BCUT2D eigenvalue weighted by Crippen LogP contribution is -2.44. The van der Waals surface area contributed by atoms with E-state index in [1.165, 1.54) is 0 Å². The largest absolute Gasteiger partial charge is 0.381 e. The van der Waals surface area contributed by atoms with Gasteiger partial charge in [-0.2, -0.15) is 0 Å². The maximum atomic E-state index is 11.7. The molecule has 1 saturated heterocycles. The van der Waals surface area contributed by atoms with Crippen LogP contribution in [-0.4, -0.2) is 60.5 Å². The van der Waals surface area contributed by atoms with Crippen LogP contribution >= 0.6 is 0 Å². The smallest absolute Gasteiger partial charge is 0.236 e. The number of likely N-dealkylation sites (tertiary alicyclic amines) is 1. The van der Waals surface area contributed by atoms with E-state index in [9.17, 15) is 4.79 Å². The molecule has 0 spiro atoms. The number of likely N-dealkylation sites (N-methyl/N-ethyl adjacent to an activating group) is 1. The summed E-state index contributed by atoms with van der Waals surface area (Å²) in [4.78, 5) is 19.9. The first-order valence-corrected chi connectivity index (χ1v) is 7.17. The SMILES string of the molecule is Cc1ncccc1NC1CCN(CC(=O)N(C)C)CC1. The average molecular weight is 276 g/mol. The van der Waals surface area contributed by atoms with E-state index in [1.54, 1.807) is 4.90 Å². The first-order chi connectivity index (χ1) is 9.56. The molecular formula is C15H24N4O. The topological polar surface area (TPSA) is 48.5 Å². The Labute approximate surface area is 121 Å². The molecule has 5 nitrogen and oxygen atoms in total. The number of hydrogen-bond acceptors (Lipinski definition) is 4. The monoisotopic (exact) mass is 276 g/mol. The van der Waals surface area contributed by atoms with E-state index in [-0.39, 0.29) is 5.91 Å². The number of hydrogen-bond donors (Lipinski definition) is 1. The fourth-order valence-electron chi connectivity index (χ4n) is 2.42. The highest BCUT2D eigenvalue weighted by atomic mass is 16.2. The highest BCUT2D eigenvalue weighted by Gasteiger charge is 2.21. The molecular weight excluding hydrogens is 252 g/mol. The van der Waals surface area contributed by atoms with Gasteiger partial charge >= 0.3 is 0 Å². The first kappa shape index (κ1) is 14.8. The summed E-state index contributed by atoms with van der Waals surface area (Å²) in [6.45, 7) is 4.49. The van der Waals surface area contributed by atoms with Gasteiger partial charge < -0.3 is 10.2 Å². The molecule has 1 N–H and O–H groups in total. The minimum atomic E-state index is 0.180. The van der Waals surface area contributed by atoms with E-state index in [0.29, 0.717) is 12.6 Å². The molecule has 1 aliphatic heterocycles. The standard InChI is InChI=1S/C15H24N4O/c1-12-14(5-4-8-16-12)17-13-6-9-19(10-7-13)11-15(20)18(2)3/h4-5,8,13,17H,6-7,9-11H2,1-3H3. The van der Waals surface area contributed by atoms with Gasteiger partial charge in [-0.15, -0.1) is 0 Å². The van der Waals surface area contributed by atoms with Crippen LogP contribution in [0.15, 0.2) is 18.3 Å². The van der Waals surface area contributed by atoms with Gasteiger partial charge in [-0.25, -0.2) is 0 Å². The predicted molar refractivity (Wildman–Crippen MR) is 80.8 cm³/mol. The van der Waals surface area contributed by atoms with Gasteiger partial charge in [-0.3, -0.25) is 14.7 Å². The molecule has 0 aromatic carbocycles. The number of pyridine rings is 1. The van der Waals surface area contributed by atoms with Crippen LogP contribution < -0.4 is 5.32 Å². The van der Waals surface area contributed by atoms with E-state index >= 15 is 0 Å². The summed E-state index contributed by atoms with van der Waals surface area (Å²) in [5.41, 5.74) is 2.16. The van der Waals surface area contributed by atoms with Crippen molar-refractivity contribution in [1.29, 1.82) is 0 Å². The maximum Gasteiger partial charge on any atom is 0.236 e. The van der Waals surface area contributed by atoms with Crippen molar-refractivity contribution in [2.45, 2.75) is 25.8 Å². The Morgan fingerprint density at radius 1 is 1.45 bits per heavy atom. The highest BCUT2D eigenvalue weighted by Crippen LogP contribution is 2.18. The Bertz CT molecular complexity index is 453. The number of piperidine rings is 1. The molecule has 1 aromatic heterocycles. The number of aromatic nitrogens is 1. The molecule has 1 fully saturated rings. The maximum absolute atomic E-state index is 11.7. The Morgan fingerprint density at radius 3 is 2.75 bits per heavy atom. The second kappa shape index (κ2) is 6.70. The van der Waals surface area contributed by atoms with Gasteiger partial charge in [0.25, 0.3) is 0 Å². The molecule has 0 atom stereocenters. The molecule has 110 valence electrons. The zero-order chi connectivity index (χ0) is 14.5. The molecule has 1 amide bonds. The normalized spacial score (nSPS) is 16.9. The van der Waals surface area contributed by atoms with Crippen molar-refractivity contribution in [2.24, 2.45) is 0 Å². The van der Waals surface area contributed by atoms with Crippen LogP contribution in [0, 0.1) is 6.92 Å². The van der Waals surface area contributed by atoms with Crippen molar-refractivity contribution >= 4 is 11.6 Å². The number of nitrogens with zero attached hydrogens (tertiary/aromatic N) is 3. The number of amides is 1. The van der Waals surface area contributed by atoms with Gasteiger partial charge in [0.05, 0.1) is 17.9 Å². The van der Waals surface area contributed by atoms with Gasteiger partial charge in [-0.05, 0) is 31.9 Å². The van der Waals surface area contributed by atoms with Crippen molar-refractivity contribution in [1.82, 2.24) is 14.8 Å². The van der Waals surface area contributed by atoms with Crippen molar-refractivity contribution in [3.05, 3.63) is 24.0 Å². The van der Waals surface area contributed by atoms with Crippen molar-refractivity contribution in [3.8, 4) is 0 Å².